The molecule has 4 nitrogen and oxygen atoms in total. The maximum absolute atomic E-state index is 10.7. The first kappa shape index (κ1) is 9.77. The number of nitrogens with one attached hydrogen (secondary N) is 1. The number of carbonyl (C=O) groups excluding carboxylic acids is 1. The lowest BCUT2D eigenvalue weighted by Crippen LogP contribution is -2.37. The van der Waals surface area contributed by atoms with Gasteiger partial charge < -0.3 is 10.4 Å². The number of hydrogen-bond acceptors (Lipinski definition) is 2. The fourth-order valence-electron chi connectivity index (χ4n) is 1.48. The molecule has 4 heteroatoms. The molecule has 0 unspecified atom stereocenters. The van der Waals surface area contributed by atoms with Gasteiger partial charge in [-0.25, -0.2) is 0 Å². The Kier molecular flexibility index (Phi) is 3.06. The molecule has 0 aromatic heterocycles. The van der Waals surface area contributed by atoms with Crippen molar-refractivity contribution in [1.29, 1.82) is 0 Å². The Hall–Kier alpha value is -1.32. The maximum Gasteiger partial charge on any atom is 0.310 e. The van der Waals surface area contributed by atoms with E-state index in [2.05, 4.69) is 5.32 Å². The van der Waals surface area contributed by atoms with E-state index in [0.717, 1.165) is 6.42 Å². The second-order valence-corrected chi connectivity index (χ2v) is 3.24. The number of carboxylic acid groups (broad SMARTS) is 1. The predicted molar refractivity (Wildman–Crippen MR) is 47.1 cm³/mol. The Labute approximate surface area is 76.6 Å². The van der Waals surface area contributed by atoms with Gasteiger partial charge in [-0.2, -0.15) is 0 Å². The van der Waals surface area contributed by atoms with Gasteiger partial charge in [0, 0.05) is 13.0 Å². The molecule has 0 heterocycles. The molecule has 0 bridgehead atoms. The Balaban J connectivity index is 2.50. The lowest BCUT2D eigenvalue weighted by molar-refractivity contribution is -0.140. The summed E-state index contributed by atoms with van der Waals surface area (Å²) in [4.78, 5) is 21.3. The normalized spacial score (nSPS) is 26.8. The van der Waals surface area contributed by atoms with Crippen molar-refractivity contribution in [3.8, 4) is 0 Å². The first-order valence-electron chi connectivity index (χ1n) is 4.26. The topological polar surface area (TPSA) is 66.4 Å². The van der Waals surface area contributed by atoms with E-state index >= 15 is 0 Å². The summed E-state index contributed by atoms with van der Waals surface area (Å²) >= 11 is 0. The smallest absolute Gasteiger partial charge is 0.310 e. The first-order chi connectivity index (χ1) is 6.09. The van der Waals surface area contributed by atoms with Crippen molar-refractivity contribution in [2.24, 2.45) is 5.92 Å². The number of hydrogen-bond donors (Lipinski definition) is 2. The minimum atomic E-state index is -0.827. The molecular formula is C9H13NO3. The average molecular weight is 183 g/mol. The summed E-state index contributed by atoms with van der Waals surface area (Å²) < 4.78 is 0. The predicted octanol–water partition coefficient (Wildman–Crippen LogP) is 0.542. The summed E-state index contributed by atoms with van der Waals surface area (Å²) in [5.41, 5.74) is 0. The van der Waals surface area contributed by atoms with Gasteiger partial charge in [0.1, 0.15) is 0 Å². The molecule has 0 radical (unpaired) electrons. The Morgan fingerprint density at radius 1 is 1.54 bits per heavy atom. The van der Waals surface area contributed by atoms with Crippen LogP contribution in [0.25, 0.3) is 0 Å². The number of rotatable bonds is 2. The monoisotopic (exact) mass is 183 g/mol. The van der Waals surface area contributed by atoms with Crippen molar-refractivity contribution in [2.45, 2.75) is 25.8 Å². The zero-order chi connectivity index (χ0) is 9.84. The van der Waals surface area contributed by atoms with Crippen LogP contribution in [0.3, 0.4) is 0 Å². The second kappa shape index (κ2) is 4.07. The molecule has 2 N–H and O–H groups in total. The van der Waals surface area contributed by atoms with Crippen LogP contribution in [0.15, 0.2) is 12.2 Å². The van der Waals surface area contributed by atoms with Crippen molar-refractivity contribution in [2.75, 3.05) is 0 Å². The summed E-state index contributed by atoms with van der Waals surface area (Å²) in [5, 5.41) is 11.4. The van der Waals surface area contributed by atoms with Crippen LogP contribution in [0.2, 0.25) is 0 Å². The summed E-state index contributed by atoms with van der Waals surface area (Å²) in [6.07, 6.45) is 4.71. The van der Waals surface area contributed by atoms with Crippen molar-refractivity contribution in [3.05, 3.63) is 12.2 Å². The van der Waals surface area contributed by atoms with Crippen LogP contribution in [0.4, 0.5) is 0 Å². The van der Waals surface area contributed by atoms with Gasteiger partial charge in [0.15, 0.2) is 0 Å². The third-order valence-corrected chi connectivity index (χ3v) is 2.05. The van der Waals surface area contributed by atoms with E-state index in [1.54, 1.807) is 6.08 Å². The van der Waals surface area contributed by atoms with Gasteiger partial charge in [0.05, 0.1) is 5.92 Å². The average Bonchev–Trinajstić information content (AvgIpc) is 2.03. The molecule has 1 rings (SSSR count). The number of carboxylic acids is 1. The largest absolute Gasteiger partial charge is 0.481 e. The van der Waals surface area contributed by atoms with Gasteiger partial charge in [0.2, 0.25) is 5.91 Å². The minimum Gasteiger partial charge on any atom is -0.481 e. The van der Waals surface area contributed by atoms with E-state index in [0.29, 0.717) is 6.42 Å². The summed E-state index contributed by atoms with van der Waals surface area (Å²) in [7, 11) is 0. The highest BCUT2D eigenvalue weighted by atomic mass is 16.4. The maximum atomic E-state index is 10.7. The summed E-state index contributed by atoms with van der Waals surface area (Å²) in [6.45, 7) is 1.44. The van der Waals surface area contributed by atoms with Crippen LogP contribution in [0.5, 0.6) is 0 Å². The van der Waals surface area contributed by atoms with Crippen LogP contribution >= 0.6 is 0 Å². The lowest BCUT2D eigenvalue weighted by atomic mass is 9.92. The third kappa shape index (κ3) is 2.89. The molecule has 0 saturated heterocycles. The summed E-state index contributed by atoms with van der Waals surface area (Å²) in [6, 6.07) is -0.0244. The zero-order valence-corrected chi connectivity index (χ0v) is 7.49. The molecule has 0 spiro atoms. The van der Waals surface area contributed by atoms with E-state index in [1.807, 2.05) is 6.08 Å². The van der Waals surface area contributed by atoms with Crippen molar-refractivity contribution in [3.63, 3.8) is 0 Å². The highest BCUT2D eigenvalue weighted by Gasteiger charge is 2.23. The second-order valence-electron chi connectivity index (χ2n) is 3.24. The first-order valence-corrected chi connectivity index (χ1v) is 4.26. The highest BCUT2D eigenvalue weighted by molar-refractivity contribution is 5.74. The lowest BCUT2D eigenvalue weighted by Gasteiger charge is -2.22. The molecule has 0 aromatic rings. The van der Waals surface area contributed by atoms with Gasteiger partial charge in [-0.15, -0.1) is 0 Å². The van der Waals surface area contributed by atoms with Crippen LogP contribution in [-0.4, -0.2) is 23.0 Å². The number of aliphatic carboxylic acids is 1. The Morgan fingerprint density at radius 2 is 2.23 bits per heavy atom. The minimum absolute atomic E-state index is 0.0244. The number of carbonyl (C=O) groups is 2. The molecule has 1 amide bonds. The fourth-order valence-corrected chi connectivity index (χ4v) is 1.48. The van der Waals surface area contributed by atoms with Gasteiger partial charge >= 0.3 is 5.97 Å². The highest BCUT2D eigenvalue weighted by Crippen LogP contribution is 2.17. The van der Waals surface area contributed by atoms with Crippen molar-refractivity contribution in [1.82, 2.24) is 5.32 Å². The fraction of sp³-hybridized carbons (Fsp3) is 0.556. The van der Waals surface area contributed by atoms with Crippen LogP contribution < -0.4 is 5.32 Å². The van der Waals surface area contributed by atoms with E-state index in [-0.39, 0.29) is 11.9 Å². The number of amides is 1. The van der Waals surface area contributed by atoms with Gasteiger partial charge in [0.25, 0.3) is 0 Å². The molecule has 0 aliphatic heterocycles. The molecule has 1 aliphatic rings. The molecule has 2 atom stereocenters. The molecule has 13 heavy (non-hydrogen) atoms. The third-order valence-electron chi connectivity index (χ3n) is 2.05. The van der Waals surface area contributed by atoms with Crippen LogP contribution in [0.1, 0.15) is 19.8 Å². The van der Waals surface area contributed by atoms with Crippen LogP contribution in [-0.2, 0) is 9.59 Å². The molecule has 0 fully saturated rings. The van der Waals surface area contributed by atoms with Gasteiger partial charge in [-0.05, 0) is 12.8 Å². The molecule has 0 aromatic carbocycles. The SMILES string of the molecule is CC(=O)N[C@@H]1CC=C[C@H](C(=O)O)C1. The van der Waals surface area contributed by atoms with Gasteiger partial charge in [-0.3, -0.25) is 9.59 Å². The standard InChI is InChI=1S/C9H13NO3/c1-6(11)10-8-4-2-3-7(5-8)9(12)13/h2-3,7-8H,4-5H2,1H3,(H,10,11)(H,12,13)/t7-,8+/m0/s1. The molecule has 1 aliphatic carbocycles. The zero-order valence-electron chi connectivity index (χ0n) is 7.49. The van der Waals surface area contributed by atoms with E-state index in [9.17, 15) is 9.59 Å². The Bertz CT molecular complexity index is 247. The van der Waals surface area contributed by atoms with E-state index in [1.165, 1.54) is 6.92 Å². The molecule has 0 saturated carbocycles. The van der Waals surface area contributed by atoms with E-state index < -0.39 is 11.9 Å². The quantitative estimate of drug-likeness (QED) is 0.614. The molecular weight excluding hydrogens is 170 g/mol. The molecule has 72 valence electrons. The van der Waals surface area contributed by atoms with E-state index in [4.69, 9.17) is 5.11 Å². The van der Waals surface area contributed by atoms with Crippen molar-refractivity contribution >= 4 is 11.9 Å². The van der Waals surface area contributed by atoms with Gasteiger partial charge in [-0.1, -0.05) is 12.2 Å². The Morgan fingerprint density at radius 3 is 2.77 bits per heavy atom. The van der Waals surface area contributed by atoms with Crippen LogP contribution in [0, 0.1) is 5.92 Å². The van der Waals surface area contributed by atoms with Crippen molar-refractivity contribution < 1.29 is 14.7 Å². The summed E-state index contributed by atoms with van der Waals surface area (Å²) in [5.74, 6) is -1.39.